The summed E-state index contributed by atoms with van der Waals surface area (Å²) in [6.45, 7) is 5.46. The molecule has 0 amide bonds. The first kappa shape index (κ1) is 23.9. The van der Waals surface area contributed by atoms with Crippen LogP contribution in [0, 0.1) is 0 Å². The molecular weight excluding hydrogens is 389 g/mol. The number of rotatable bonds is 12. The van der Waals surface area contributed by atoms with Gasteiger partial charge in [0.15, 0.2) is 0 Å². The molecule has 0 bridgehead atoms. The average Bonchev–Trinajstić information content (AvgIpc) is 2.34. The van der Waals surface area contributed by atoms with Crippen LogP contribution in [0.2, 0.25) is 0 Å². The molecule has 0 aromatic rings. The Morgan fingerprint density at radius 2 is 1.50 bits per heavy atom. The van der Waals surface area contributed by atoms with Gasteiger partial charge < -0.3 is 19.8 Å². The van der Waals surface area contributed by atoms with Crippen molar-refractivity contribution in [3.63, 3.8) is 0 Å². The van der Waals surface area contributed by atoms with Gasteiger partial charge in [-0.15, -0.1) is 6.58 Å². The van der Waals surface area contributed by atoms with Gasteiger partial charge in [0.1, 0.15) is 0 Å². The van der Waals surface area contributed by atoms with Crippen LogP contribution in [0.3, 0.4) is 0 Å². The Kier molecular flexibility index (Phi) is 10.0. The van der Waals surface area contributed by atoms with Crippen molar-refractivity contribution in [2.75, 3.05) is 19.8 Å². The van der Waals surface area contributed by atoms with Crippen molar-refractivity contribution in [2.45, 2.75) is 20.3 Å². The molecule has 11 nitrogen and oxygen atoms in total. The molecule has 3 unspecified atom stereocenters. The minimum atomic E-state index is -5.44. The van der Waals surface area contributed by atoms with Gasteiger partial charge in [0.05, 0.1) is 19.8 Å². The van der Waals surface area contributed by atoms with Crippen LogP contribution in [0.1, 0.15) is 20.3 Å². The van der Waals surface area contributed by atoms with E-state index in [4.69, 9.17) is 5.11 Å². The Morgan fingerprint density at radius 3 is 1.96 bits per heavy atom. The lowest BCUT2D eigenvalue weighted by Crippen LogP contribution is -2.00. The zero-order chi connectivity index (χ0) is 19.0. The van der Waals surface area contributed by atoms with Crippen molar-refractivity contribution in [3.8, 4) is 0 Å². The summed E-state index contributed by atoms with van der Waals surface area (Å²) in [6.07, 6.45) is 1.40. The minimum absolute atomic E-state index is 0.183. The van der Waals surface area contributed by atoms with Gasteiger partial charge in [-0.1, -0.05) is 11.6 Å². The summed E-state index contributed by atoms with van der Waals surface area (Å²) in [4.78, 5) is 27.8. The summed E-state index contributed by atoms with van der Waals surface area (Å²) in [5.41, 5.74) is 1.03. The molecule has 0 radical (unpaired) electrons. The second-order valence-electron chi connectivity index (χ2n) is 4.61. The van der Waals surface area contributed by atoms with E-state index in [-0.39, 0.29) is 19.6 Å². The third kappa shape index (κ3) is 12.2. The van der Waals surface area contributed by atoms with Gasteiger partial charge in [-0.2, -0.15) is 8.62 Å². The fourth-order valence-corrected chi connectivity index (χ4v) is 4.43. The summed E-state index contributed by atoms with van der Waals surface area (Å²) in [5.74, 6) is 0. The highest BCUT2D eigenvalue weighted by Gasteiger charge is 2.41. The first-order valence-electron chi connectivity index (χ1n) is 6.39. The summed E-state index contributed by atoms with van der Waals surface area (Å²) < 4.78 is 50.9. The number of aliphatic hydroxyl groups excluding tert-OH is 1. The largest absolute Gasteiger partial charge is 0.490 e. The van der Waals surface area contributed by atoms with E-state index in [0.717, 1.165) is 0 Å². The molecule has 24 heavy (non-hydrogen) atoms. The van der Waals surface area contributed by atoms with E-state index in [2.05, 4.69) is 24.2 Å². The Balaban J connectivity index is 4.65. The maximum absolute atomic E-state index is 11.5. The highest BCUT2D eigenvalue weighted by atomic mass is 31.3. The lowest BCUT2D eigenvalue weighted by atomic mass is 10.3. The van der Waals surface area contributed by atoms with Crippen molar-refractivity contribution >= 4 is 23.5 Å². The van der Waals surface area contributed by atoms with Crippen molar-refractivity contribution in [2.24, 2.45) is 0 Å². The molecule has 0 spiro atoms. The van der Waals surface area contributed by atoms with Crippen molar-refractivity contribution in [3.05, 3.63) is 23.8 Å². The Bertz CT molecular complexity index is 599. The van der Waals surface area contributed by atoms with Gasteiger partial charge in [-0.25, -0.2) is 13.7 Å². The summed E-state index contributed by atoms with van der Waals surface area (Å²) in [7, 11) is -15.5. The standard InChI is InChI=1S/C10H21O11P3/c1-9(2)4-6-18-22(12,13)20-24(16,17)21-23(14,15)19-7-5-10(3)8-11/h5,11H,1,4,6-8H2,2-3H3,(H,12,13)(H,14,15)(H,16,17)/b10-5+. The van der Waals surface area contributed by atoms with Crippen LogP contribution in [0.25, 0.3) is 0 Å². The van der Waals surface area contributed by atoms with Gasteiger partial charge in [0, 0.05) is 0 Å². The van der Waals surface area contributed by atoms with E-state index in [1.54, 1.807) is 6.92 Å². The van der Waals surface area contributed by atoms with Crippen molar-refractivity contribution in [1.29, 1.82) is 0 Å². The third-order valence-electron chi connectivity index (χ3n) is 2.11. The van der Waals surface area contributed by atoms with E-state index in [0.29, 0.717) is 11.1 Å². The molecule has 0 aromatic carbocycles. The van der Waals surface area contributed by atoms with Gasteiger partial charge in [0.25, 0.3) is 0 Å². The van der Waals surface area contributed by atoms with Crippen LogP contribution in [-0.4, -0.2) is 39.6 Å². The van der Waals surface area contributed by atoms with Crippen LogP contribution in [0.5, 0.6) is 0 Å². The number of aliphatic hydroxyl groups is 1. The third-order valence-corrected chi connectivity index (χ3v) is 6.40. The van der Waals surface area contributed by atoms with Gasteiger partial charge in [0.2, 0.25) is 0 Å². The molecule has 142 valence electrons. The molecule has 3 atom stereocenters. The van der Waals surface area contributed by atoms with Gasteiger partial charge in [-0.05, 0) is 25.8 Å². The first-order valence-corrected chi connectivity index (χ1v) is 10.9. The zero-order valence-electron chi connectivity index (χ0n) is 13.1. The molecule has 4 N–H and O–H groups in total. The van der Waals surface area contributed by atoms with E-state index >= 15 is 0 Å². The molecule has 0 fully saturated rings. The lowest BCUT2D eigenvalue weighted by molar-refractivity contribution is 0.163. The smallest absolute Gasteiger partial charge is 0.392 e. The second kappa shape index (κ2) is 10.1. The second-order valence-corrected chi connectivity index (χ2v) is 9.25. The summed E-state index contributed by atoms with van der Waals surface area (Å²) in [5, 5.41) is 8.71. The molecule has 0 aliphatic heterocycles. The molecule has 0 saturated carbocycles. The SMILES string of the molecule is C=C(C)CCOP(=O)(O)OP(=O)(O)OP(=O)(O)OC/C=C(\C)CO. The predicted molar refractivity (Wildman–Crippen MR) is 83.8 cm³/mol. The van der Waals surface area contributed by atoms with Crippen LogP contribution in [0.4, 0.5) is 0 Å². The topological polar surface area (TPSA) is 169 Å². The van der Waals surface area contributed by atoms with Crippen LogP contribution < -0.4 is 0 Å². The molecule has 14 heteroatoms. The molecular formula is C10H21O11P3. The fraction of sp³-hybridized carbons (Fsp3) is 0.600. The first-order chi connectivity index (χ1) is 10.8. The molecule has 0 aliphatic carbocycles. The maximum atomic E-state index is 11.5. The molecule has 0 heterocycles. The number of hydrogen-bond acceptors (Lipinski definition) is 8. The Labute approximate surface area is 139 Å². The van der Waals surface area contributed by atoms with E-state index < -0.39 is 30.1 Å². The minimum Gasteiger partial charge on any atom is -0.392 e. The molecule has 0 aliphatic rings. The zero-order valence-corrected chi connectivity index (χ0v) is 15.8. The molecule has 0 saturated heterocycles. The van der Waals surface area contributed by atoms with Crippen molar-refractivity contribution < 1.29 is 51.2 Å². The summed E-state index contributed by atoms with van der Waals surface area (Å²) in [6, 6.07) is 0. The summed E-state index contributed by atoms with van der Waals surface area (Å²) >= 11 is 0. The van der Waals surface area contributed by atoms with E-state index in [1.807, 2.05) is 0 Å². The Hall–Kier alpha value is -0.150. The van der Waals surface area contributed by atoms with Gasteiger partial charge >= 0.3 is 23.5 Å². The van der Waals surface area contributed by atoms with Crippen LogP contribution >= 0.6 is 23.5 Å². The molecule has 0 aromatic heterocycles. The quantitative estimate of drug-likeness (QED) is 0.275. The van der Waals surface area contributed by atoms with Crippen LogP contribution in [0.15, 0.2) is 23.8 Å². The highest BCUT2D eigenvalue weighted by molar-refractivity contribution is 7.66. The van der Waals surface area contributed by atoms with E-state index in [9.17, 15) is 28.4 Å². The number of hydrogen-bond donors (Lipinski definition) is 4. The predicted octanol–water partition coefficient (Wildman–Crippen LogP) is 2.26. The number of phosphoric acid groups is 3. The normalized spacial score (nSPS) is 20.0. The monoisotopic (exact) mass is 410 g/mol. The number of phosphoric ester groups is 2. The van der Waals surface area contributed by atoms with Gasteiger partial charge in [-0.3, -0.25) is 9.05 Å². The lowest BCUT2D eigenvalue weighted by Gasteiger charge is -2.17. The Morgan fingerprint density at radius 1 is 1.00 bits per heavy atom. The highest BCUT2D eigenvalue weighted by Crippen LogP contribution is 2.67. The van der Waals surface area contributed by atoms with E-state index in [1.165, 1.54) is 13.0 Å². The average molecular weight is 410 g/mol. The maximum Gasteiger partial charge on any atom is 0.490 e. The van der Waals surface area contributed by atoms with Crippen molar-refractivity contribution in [1.82, 2.24) is 0 Å². The molecule has 0 rings (SSSR count). The van der Waals surface area contributed by atoms with Crippen LogP contribution in [-0.2, 0) is 31.4 Å². The fourth-order valence-electron chi connectivity index (χ4n) is 0.996.